The van der Waals surface area contributed by atoms with Gasteiger partial charge in [0.15, 0.2) is 4.34 Å². The van der Waals surface area contributed by atoms with Gasteiger partial charge in [0.1, 0.15) is 5.82 Å². The Morgan fingerprint density at radius 3 is 2.88 bits per heavy atom. The van der Waals surface area contributed by atoms with Crippen molar-refractivity contribution in [2.24, 2.45) is 0 Å². The molecule has 1 heterocycles. The Hall–Kier alpha value is -1.64. The monoisotopic (exact) mass is 416 g/mol. The molecule has 0 atom stereocenters. The van der Waals surface area contributed by atoms with Crippen molar-refractivity contribution in [2.75, 3.05) is 19.4 Å². The summed E-state index contributed by atoms with van der Waals surface area (Å²) in [4.78, 5) is 29.4. The second-order valence-corrected chi connectivity index (χ2v) is 7.81. The molecule has 9 heteroatoms. The second kappa shape index (κ2) is 9.89. The van der Waals surface area contributed by atoms with Crippen LogP contribution in [0, 0.1) is 5.82 Å². The SMILES string of the molecule is CCOC(=O)Cc1csc(SCC(=O)N(C)Cc2c(F)cccc2Cl)n1. The van der Waals surface area contributed by atoms with Gasteiger partial charge >= 0.3 is 5.97 Å². The van der Waals surface area contributed by atoms with E-state index in [0.29, 0.717) is 27.2 Å². The number of rotatable bonds is 8. The van der Waals surface area contributed by atoms with Crippen LogP contribution in [-0.2, 0) is 27.3 Å². The van der Waals surface area contributed by atoms with E-state index in [2.05, 4.69) is 4.98 Å². The molecular formula is C17H18ClFN2O3S2. The fourth-order valence-corrected chi connectivity index (χ4v) is 4.05. The normalized spacial score (nSPS) is 10.6. The Labute approximate surface area is 164 Å². The minimum absolute atomic E-state index is 0.0941. The number of thiazole rings is 1. The highest BCUT2D eigenvalue weighted by atomic mass is 35.5. The number of esters is 1. The zero-order chi connectivity index (χ0) is 19.1. The summed E-state index contributed by atoms with van der Waals surface area (Å²) >= 11 is 8.63. The van der Waals surface area contributed by atoms with Gasteiger partial charge in [0.05, 0.1) is 24.5 Å². The van der Waals surface area contributed by atoms with Crippen LogP contribution >= 0.6 is 34.7 Å². The van der Waals surface area contributed by atoms with Gasteiger partial charge in [-0.2, -0.15) is 0 Å². The molecule has 2 aromatic rings. The number of amides is 1. The summed E-state index contributed by atoms with van der Waals surface area (Å²) in [6.45, 7) is 2.17. The van der Waals surface area contributed by atoms with Crippen LogP contribution in [0.2, 0.25) is 5.02 Å². The first-order valence-corrected chi connectivity index (χ1v) is 10.0. The number of carbonyl (C=O) groups excluding carboxylic acids is 2. The van der Waals surface area contributed by atoms with E-state index in [1.807, 2.05) is 0 Å². The maximum Gasteiger partial charge on any atom is 0.311 e. The highest BCUT2D eigenvalue weighted by Crippen LogP contribution is 2.24. The molecule has 0 spiro atoms. The van der Waals surface area contributed by atoms with Gasteiger partial charge in [-0.05, 0) is 19.1 Å². The summed E-state index contributed by atoms with van der Waals surface area (Å²) in [5, 5.41) is 2.06. The molecular weight excluding hydrogens is 399 g/mol. The molecule has 0 saturated carbocycles. The lowest BCUT2D eigenvalue weighted by Crippen LogP contribution is -2.28. The molecule has 140 valence electrons. The third-order valence-electron chi connectivity index (χ3n) is 3.36. The molecule has 2 rings (SSSR count). The van der Waals surface area contributed by atoms with Crippen LogP contribution in [-0.4, -0.2) is 41.2 Å². The van der Waals surface area contributed by atoms with E-state index >= 15 is 0 Å². The number of ether oxygens (including phenoxy) is 1. The quantitative estimate of drug-likeness (QED) is 0.484. The van der Waals surface area contributed by atoms with Crippen molar-refractivity contribution >= 4 is 46.6 Å². The Balaban J connectivity index is 1.86. The standard InChI is InChI=1S/C17H18ClFN2O3S2/c1-3-24-16(23)7-11-9-25-17(20-11)26-10-15(22)21(2)8-12-13(18)5-4-6-14(12)19/h4-6,9H,3,7-8,10H2,1-2H3. The lowest BCUT2D eigenvalue weighted by atomic mass is 10.2. The first-order valence-electron chi connectivity index (χ1n) is 7.80. The molecule has 0 aliphatic heterocycles. The average molecular weight is 417 g/mol. The molecule has 0 unspecified atom stereocenters. The number of hydrogen-bond donors (Lipinski definition) is 0. The third-order valence-corrected chi connectivity index (χ3v) is 5.77. The number of nitrogens with zero attached hydrogens (tertiary/aromatic N) is 2. The number of aromatic nitrogens is 1. The summed E-state index contributed by atoms with van der Waals surface area (Å²) in [6, 6.07) is 4.43. The van der Waals surface area contributed by atoms with Gasteiger partial charge in [-0.3, -0.25) is 9.59 Å². The molecule has 26 heavy (non-hydrogen) atoms. The largest absolute Gasteiger partial charge is 0.466 e. The number of halogens is 2. The minimum Gasteiger partial charge on any atom is -0.466 e. The maximum atomic E-state index is 13.8. The fraction of sp³-hybridized carbons (Fsp3) is 0.353. The zero-order valence-electron chi connectivity index (χ0n) is 14.3. The third kappa shape index (κ3) is 5.96. The van der Waals surface area contributed by atoms with E-state index in [0.717, 1.165) is 0 Å². The number of carbonyl (C=O) groups is 2. The highest BCUT2D eigenvalue weighted by molar-refractivity contribution is 8.01. The van der Waals surface area contributed by atoms with Crippen LogP contribution in [0.1, 0.15) is 18.2 Å². The molecule has 0 saturated heterocycles. The van der Waals surface area contributed by atoms with E-state index < -0.39 is 5.82 Å². The molecule has 1 aromatic heterocycles. The number of benzene rings is 1. The number of hydrogen-bond acceptors (Lipinski definition) is 6. The van der Waals surface area contributed by atoms with Crippen LogP contribution in [0.4, 0.5) is 4.39 Å². The molecule has 0 N–H and O–H groups in total. The van der Waals surface area contributed by atoms with E-state index in [-0.39, 0.29) is 30.6 Å². The summed E-state index contributed by atoms with van der Waals surface area (Å²) in [5.74, 6) is -0.772. The van der Waals surface area contributed by atoms with Gasteiger partial charge in [0.2, 0.25) is 5.91 Å². The Morgan fingerprint density at radius 2 is 2.19 bits per heavy atom. The first-order chi connectivity index (χ1) is 12.4. The van der Waals surface area contributed by atoms with Crippen LogP contribution in [0.15, 0.2) is 27.9 Å². The maximum absolute atomic E-state index is 13.8. The average Bonchev–Trinajstić information content (AvgIpc) is 3.03. The van der Waals surface area contributed by atoms with Crippen molar-refractivity contribution in [1.82, 2.24) is 9.88 Å². The van der Waals surface area contributed by atoms with Crippen molar-refractivity contribution in [2.45, 2.75) is 24.2 Å². The van der Waals surface area contributed by atoms with Gasteiger partial charge in [-0.1, -0.05) is 29.4 Å². The highest BCUT2D eigenvalue weighted by Gasteiger charge is 2.16. The summed E-state index contributed by atoms with van der Waals surface area (Å²) < 4.78 is 19.4. The van der Waals surface area contributed by atoms with Crippen molar-refractivity contribution < 1.29 is 18.7 Å². The van der Waals surface area contributed by atoms with Crippen LogP contribution in [0.5, 0.6) is 0 Å². The Bertz CT molecular complexity index is 765. The molecule has 0 bridgehead atoms. The fourth-order valence-electron chi connectivity index (χ4n) is 2.04. The zero-order valence-corrected chi connectivity index (χ0v) is 16.7. The van der Waals surface area contributed by atoms with Crippen LogP contribution in [0.3, 0.4) is 0 Å². The van der Waals surface area contributed by atoms with Gasteiger partial charge in [-0.25, -0.2) is 9.37 Å². The van der Waals surface area contributed by atoms with E-state index in [1.165, 1.54) is 40.1 Å². The van der Waals surface area contributed by atoms with Crippen LogP contribution in [0.25, 0.3) is 0 Å². The van der Waals surface area contributed by atoms with Gasteiger partial charge in [-0.15, -0.1) is 11.3 Å². The molecule has 0 radical (unpaired) electrons. The lowest BCUT2D eigenvalue weighted by Gasteiger charge is -2.18. The predicted molar refractivity (Wildman–Crippen MR) is 101 cm³/mol. The summed E-state index contributed by atoms with van der Waals surface area (Å²) in [6.07, 6.45) is 0.116. The number of thioether (sulfide) groups is 1. The van der Waals surface area contributed by atoms with Crippen molar-refractivity contribution in [1.29, 1.82) is 0 Å². The van der Waals surface area contributed by atoms with Gasteiger partial charge in [0, 0.05) is 29.6 Å². The van der Waals surface area contributed by atoms with Gasteiger partial charge in [0.25, 0.3) is 0 Å². The minimum atomic E-state index is -0.437. The summed E-state index contributed by atoms with van der Waals surface area (Å²) in [7, 11) is 1.60. The molecule has 5 nitrogen and oxygen atoms in total. The smallest absolute Gasteiger partial charge is 0.311 e. The summed E-state index contributed by atoms with van der Waals surface area (Å²) in [5.41, 5.74) is 0.913. The molecule has 0 aliphatic rings. The van der Waals surface area contributed by atoms with Crippen molar-refractivity contribution in [3.8, 4) is 0 Å². The Kier molecular flexibility index (Phi) is 7.86. The Morgan fingerprint density at radius 1 is 1.42 bits per heavy atom. The van der Waals surface area contributed by atoms with Crippen molar-refractivity contribution in [3.63, 3.8) is 0 Å². The van der Waals surface area contributed by atoms with E-state index in [1.54, 1.807) is 25.4 Å². The predicted octanol–water partition coefficient (Wildman–Crippen LogP) is 3.79. The molecule has 0 fully saturated rings. The molecule has 1 amide bonds. The lowest BCUT2D eigenvalue weighted by molar-refractivity contribution is -0.142. The van der Waals surface area contributed by atoms with Gasteiger partial charge < -0.3 is 9.64 Å². The van der Waals surface area contributed by atoms with E-state index in [9.17, 15) is 14.0 Å². The molecule has 0 aliphatic carbocycles. The molecule has 1 aromatic carbocycles. The van der Waals surface area contributed by atoms with E-state index in [4.69, 9.17) is 16.3 Å². The topological polar surface area (TPSA) is 59.5 Å². The van der Waals surface area contributed by atoms with Crippen molar-refractivity contribution in [3.05, 3.63) is 45.7 Å². The first kappa shape index (κ1) is 20.7. The van der Waals surface area contributed by atoms with Crippen LogP contribution < -0.4 is 0 Å². The second-order valence-electron chi connectivity index (χ2n) is 5.33.